The van der Waals surface area contributed by atoms with Crippen LogP contribution < -0.4 is 15.4 Å². The molecule has 1 saturated carbocycles. The number of hydrogen-bond donors (Lipinski definition) is 4. The van der Waals surface area contributed by atoms with Crippen LogP contribution in [-0.4, -0.2) is 40.1 Å². The highest BCUT2D eigenvalue weighted by atomic mass is 35.5. The standard InChI is InChI=1S/C20H13Cl2NO4S.C15H11Cl2NO3S/c21-12-3-1-10(2-4-12)14-9-28-19(17(14)20(25)26)23-18(24)16-8-11-7-13(22)5-6-15(11)27-16;16-8-3-4-9(11(17)5-8)10-6-22-14(12(10)15(20)21)18-13(19)7-1-2-7/h1-7,9,16H,8H2,(H,23,24)(H,25,26);3-7H,1-2H2,(H,18,19)(H,20,21). The summed E-state index contributed by atoms with van der Waals surface area (Å²) in [6, 6.07) is 16.9. The van der Waals surface area contributed by atoms with E-state index in [0.717, 1.165) is 29.7 Å². The van der Waals surface area contributed by atoms with E-state index in [4.69, 9.17) is 51.1 Å². The summed E-state index contributed by atoms with van der Waals surface area (Å²) in [7, 11) is 0. The number of halogens is 4. The number of aromatic carboxylic acids is 2. The third-order valence-electron chi connectivity index (χ3n) is 7.80. The van der Waals surface area contributed by atoms with E-state index in [1.165, 1.54) is 11.3 Å². The Balaban J connectivity index is 0.000000178. The smallest absolute Gasteiger partial charge is 0.339 e. The van der Waals surface area contributed by atoms with E-state index in [-0.39, 0.29) is 28.0 Å². The van der Waals surface area contributed by atoms with Gasteiger partial charge in [-0.05, 0) is 66.4 Å². The maximum atomic E-state index is 12.7. The number of carbonyl (C=O) groups is 4. The van der Waals surface area contributed by atoms with Crippen LogP contribution in [0.4, 0.5) is 10.0 Å². The first-order valence-corrected chi connectivity index (χ1v) is 18.1. The SMILES string of the molecule is O=C(O)c1c(-c2ccc(Cl)cc2)csc1NC(=O)C1Cc2cc(Cl)ccc2O1.O=C(O)c1c(-c2ccc(Cl)cc2Cl)csc1NC(=O)C1CC1. The first-order chi connectivity index (χ1) is 23.9. The van der Waals surface area contributed by atoms with E-state index >= 15 is 0 Å². The van der Waals surface area contributed by atoms with Crippen molar-refractivity contribution in [3.05, 3.63) is 108 Å². The summed E-state index contributed by atoms with van der Waals surface area (Å²) in [6.07, 6.45) is 1.35. The van der Waals surface area contributed by atoms with Crippen LogP contribution in [-0.2, 0) is 16.0 Å². The zero-order chi connectivity index (χ0) is 35.7. The van der Waals surface area contributed by atoms with E-state index in [2.05, 4.69) is 10.6 Å². The molecule has 1 fully saturated rings. The highest BCUT2D eigenvalue weighted by Gasteiger charge is 2.33. The summed E-state index contributed by atoms with van der Waals surface area (Å²) in [4.78, 5) is 48.0. The van der Waals surface area contributed by atoms with Crippen molar-refractivity contribution in [3.63, 3.8) is 0 Å². The molecule has 50 heavy (non-hydrogen) atoms. The minimum atomic E-state index is -1.12. The van der Waals surface area contributed by atoms with Gasteiger partial charge in [-0.2, -0.15) is 0 Å². The number of fused-ring (bicyclic) bond motifs is 1. The lowest BCUT2D eigenvalue weighted by molar-refractivity contribution is -0.122. The van der Waals surface area contributed by atoms with Gasteiger partial charge in [0.15, 0.2) is 6.10 Å². The summed E-state index contributed by atoms with van der Waals surface area (Å²) in [5.41, 5.74) is 3.23. The zero-order valence-electron chi connectivity index (χ0n) is 25.5. The van der Waals surface area contributed by atoms with Crippen molar-refractivity contribution in [1.82, 2.24) is 0 Å². The quantitative estimate of drug-likeness (QED) is 0.123. The second kappa shape index (κ2) is 15.0. The fourth-order valence-electron chi connectivity index (χ4n) is 5.19. The van der Waals surface area contributed by atoms with E-state index in [1.807, 2.05) is 0 Å². The van der Waals surface area contributed by atoms with Crippen molar-refractivity contribution in [2.75, 3.05) is 10.6 Å². The number of hydrogen-bond acceptors (Lipinski definition) is 7. The number of anilines is 2. The van der Waals surface area contributed by atoms with Gasteiger partial charge in [0.2, 0.25) is 5.91 Å². The lowest BCUT2D eigenvalue weighted by atomic mass is 10.0. The molecule has 1 unspecified atom stereocenters. The molecule has 3 aromatic carbocycles. The number of ether oxygens (including phenoxy) is 1. The third-order valence-corrected chi connectivity index (χ3v) is 10.6. The fourth-order valence-corrected chi connectivity index (χ4v) is 7.94. The molecule has 1 aliphatic carbocycles. The van der Waals surface area contributed by atoms with Crippen LogP contribution in [0, 0.1) is 5.92 Å². The Labute approximate surface area is 313 Å². The number of benzene rings is 3. The molecule has 1 atom stereocenters. The Morgan fingerprint density at radius 1 is 0.680 bits per heavy atom. The van der Waals surface area contributed by atoms with E-state index in [0.29, 0.717) is 59.5 Å². The highest BCUT2D eigenvalue weighted by Crippen LogP contribution is 2.41. The maximum absolute atomic E-state index is 12.7. The molecule has 5 aromatic rings. The average Bonchev–Trinajstić information content (AvgIpc) is 3.50. The molecular formula is C35H24Cl4N2O7S2. The topological polar surface area (TPSA) is 142 Å². The average molecular weight is 791 g/mol. The Hall–Kier alpha value is -4.10. The zero-order valence-corrected chi connectivity index (χ0v) is 30.1. The Morgan fingerprint density at radius 3 is 1.86 bits per heavy atom. The maximum Gasteiger partial charge on any atom is 0.339 e. The number of amides is 2. The van der Waals surface area contributed by atoms with Crippen LogP contribution in [0.3, 0.4) is 0 Å². The number of thiophene rings is 2. The van der Waals surface area contributed by atoms with Gasteiger partial charge in [0.1, 0.15) is 26.9 Å². The summed E-state index contributed by atoms with van der Waals surface area (Å²) in [6.45, 7) is 0. The molecule has 0 spiro atoms. The van der Waals surface area contributed by atoms with Crippen LogP contribution in [0.2, 0.25) is 20.1 Å². The Kier molecular flexibility index (Phi) is 10.7. The van der Waals surface area contributed by atoms with Gasteiger partial charge in [-0.25, -0.2) is 9.59 Å². The minimum absolute atomic E-state index is 0.00585. The first-order valence-electron chi connectivity index (χ1n) is 14.9. The number of carboxylic acids is 2. The summed E-state index contributed by atoms with van der Waals surface area (Å²) in [5, 5.41) is 30.5. The number of rotatable bonds is 8. The molecule has 7 rings (SSSR count). The van der Waals surface area contributed by atoms with Gasteiger partial charge >= 0.3 is 11.9 Å². The second-order valence-electron chi connectivity index (χ2n) is 11.3. The largest absolute Gasteiger partial charge is 0.480 e. The van der Waals surface area contributed by atoms with Crippen molar-refractivity contribution < 1.29 is 34.1 Å². The predicted molar refractivity (Wildman–Crippen MR) is 198 cm³/mol. The van der Waals surface area contributed by atoms with Crippen molar-refractivity contribution in [1.29, 1.82) is 0 Å². The predicted octanol–water partition coefficient (Wildman–Crippen LogP) is 10.1. The van der Waals surface area contributed by atoms with Gasteiger partial charge in [-0.1, -0.05) is 64.6 Å². The monoisotopic (exact) mass is 788 g/mol. The van der Waals surface area contributed by atoms with Crippen LogP contribution in [0.5, 0.6) is 5.75 Å². The highest BCUT2D eigenvalue weighted by molar-refractivity contribution is 7.15. The second-order valence-corrected chi connectivity index (χ2v) is 14.7. The molecule has 256 valence electrons. The molecule has 3 heterocycles. The molecule has 2 aromatic heterocycles. The lowest BCUT2D eigenvalue weighted by Gasteiger charge is -2.11. The van der Waals surface area contributed by atoms with E-state index in [1.54, 1.807) is 71.4 Å². The molecule has 9 nitrogen and oxygen atoms in total. The number of carbonyl (C=O) groups excluding carboxylic acids is 2. The van der Waals surface area contributed by atoms with Crippen molar-refractivity contribution in [3.8, 4) is 28.0 Å². The van der Waals surface area contributed by atoms with Gasteiger partial charge in [0, 0.05) is 59.9 Å². The van der Waals surface area contributed by atoms with Crippen LogP contribution in [0.1, 0.15) is 39.1 Å². The van der Waals surface area contributed by atoms with Crippen LogP contribution >= 0.6 is 69.1 Å². The molecule has 0 saturated heterocycles. The molecular weight excluding hydrogens is 766 g/mol. The number of carboxylic acid groups (broad SMARTS) is 2. The van der Waals surface area contributed by atoms with E-state index in [9.17, 15) is 29.4 Å². The van der Waals surface area contributed by atoms with Crippen LogP contribution in [0.15, 0.2) is 71.4 Å². The first kappa shape index (κ1) is 35.7. The van der Waals surface area contributed by atoms with Crippen molar-refractivity contribution in [2.24, 2.45) is 5.92 Å². The van der Waals surface area contributed by atoms with Gasteiger partial charge in [-0.3, -0.25) is 9.59 Å². The fraction of sp³-hybridized carbons (Fsp3) is 0.143. The number of nitrogens with one attached hydrogen (secondary N) is 2. The normalized spacial score (nSPS) is 14.5. The van der Waals surface area contributed by atoms with Crippen molar-refractivity contribution in [2.45, 2.75) is 25.4 Å². The Morgan fingerprint density at radius 2 is 1.24 bits per heavy atom. The summed E-state index contributed by atoms with van der Waals surface area (Å²) >= 11 is 26.2. The Bertz CT molecular complexity index is 2150. The minimum Gasteiger partial charge on any atom is -0.480 e. The van der Waals surface area contributed by atoms with Gasteiger partial charge in [-0.15, -0.1) is 22.7 Å². The molecule has 2 aliphatic rings. The molecule has 4 N–H and O–H groups in total. The lowest BCUT2D eigenvalue weighted by Crippen LogP contribution is -2.31. The molecule has 0 bridgehead atoms. The van der Waals surface area contributed by atoms with Crippen LogP contribution in [0.25, 0.3) is 22.3 Å². The van der Waals surface area contributed by atoms with Gasteiger partial charge < -0.3 is 25.6 Å². The molecule has 15 heteroatoms. The summed E-state index contributed by atoms with van der Waals surface area (Å²) < 4.78 is 5.67. The van der Waals surface area contributed by atoms with Gasteiger partial charge in [0.05, 0.1) is 0 Å². The molecule has 0 radical (unpaired) electrons. The van der Waals surface area contributed by atoms with Crippen molar-refractivity contribution >= 4 is 103 Å². The third kappa shape index (κ3) is 7.94. The summed E-state index contributed by atoms with van der Waals surface area (Å²) in [5.74, 6) is -2.14. The molecule has 2 amide bonds. The van der Waals surface area contributed by atoms with E-state index < -0.39 is 23.9 Å². The van der Waals surface area contributed by atoms with Gasteiger partial charge in [0.25, 0.3) is 5.91 Å². The molecule has 1 aliphatic heterocycles.